The molecule has 0 unspecified atom stereocenters. The maximum Gasteiger partial charge on any atom is 0.0967 e. The summed E-state index contributed by atoms with van der Waals surface area (Å²) < 4.78 is 1.78. The molecule has 78 valence electrons. The summed E-state index contributed by atoms with van der Waals surface area (Å²) in [6.45, 7) is 2.55. The molecule has 0 saturated carbocycles. The fourth-order valence-corrected chi connectivity index (χ4v) is 1.54. The molecular formula is C11H14N4. The van der Waals surface area contributed by atoms with Crippen molar-refractivity contribution >= 4 is 0 Å². The van der Waals surface area contributed by atoms with E-state index in [4.69, 9.17) is 5.73 Å². The Hall–Kier alpha value is -1.68. The molecule has 0 fully saturated rings. The largest absolute Gasteiger partial charge is 0.325 e. The first-order valence-electron chi connectivity index (χ1n) is 5.04. The zero-order chi connectivity index (χ0) is 10.7. The molecule has 0 aliphatic rings. The average Bonchev–Trinajstić information content (AvgIpc) is 2.77. The predicted molar refractivity (Wildman–Crippen MR) is 58.6 cm³/mol. The number of aromatic nitrogens is 3. The number of aryl methyl sites for hydroxylation is 1. The van der Waals surface area contributed by atoms with Gasteiger partial charge in [-0.05, 0) is 18.1 Å². The Balaban J connectivity index is 2.44. The quantitative estimate of drug-likeness (QED) is 0.815. The molecule has 0 amide bonds. The first-order chi connectivity index (χ1) is 7.35. The van der Waals surface area contributed by atoms with Crippen molar-refractivity contribution in [2.75, 3.05) is 0 Å². The zero-order valence-electron chi connectivity index (χ0n) is 8.72. The van der Waals surface area contributed by atoms with Crippen molar-refractivity contribution in [2.24, 2.45) is 5.73 Å². The van der Waals surface area contributed by atoms with E-state index in [9.17, 15) is 0 Å². The van der Waals surface area contributed by atoms with E-state index < -0.39 is 0 Å². The summed E-state index contributed by atoms with van der Waals surface area (Å²) in [5, 5.41) is 8.03. The lowest BCUT2D eigenvalue weighted by Crippen LogP contribution is -1.99. The molecule has 1 aromatic heterocycles. The fourth-order valence-electron chi connectivity index (χ4n) is 1.54. The van der Waals surface area contributed by atoms with Crippen molar-refractivity contribution in [1.82, 2.24) is 15.0 Å². The molecule has 0 saturated heterocycles. The minimum Gasteiger partial charge on any atom is -0.325 e. The molecule has 0 atom stereocenters. The summed E-state index contributed by atoms with van der Waals surface area (Å²) >= 11 is 0. The van der Waals surface area contributed by atoms with E-state index in [1.165, 1.54) is 5.56 Å². The number of nitrogens with zero attached hydrogens (tertiary/aromatic N) is 3. The molecule has 4 nitrogen and oxygen atoms in total. The summed E-state index contributed by atoms with van der Waals surface area (Å²) in [5.74, 6) is 0. The van der Waals surface area contributed by atoms with Gasteiger partial charge in [0.15, 0.2) is 0 Å². The third-order valence-electron chi connectivity index (χ3n) is 2.37. The molecule has 0 radical (unpaired) electrons. The minimum absolute atomic E-state index is 0.425. The predicted octanol–water partition coefficient (Wildman–Crippen LogP) is 1.29. The van der Waals surface area contributed by atoms with Crippen molar-refractivity contribution in [3.63, 3.8) is 0 Å². The van der Waals surface area contributed by atoms with Crippen LogP contribution in [0.25, 0.3) is 5.69 Å². The average molecular weight is 202 g/mol. The first kappa shape index (κ1) is 9.86. The van der Waals surface area contributed by atoms with Crippen LogP contribution in [0.2, 0.25) is 0 Å². The fraction of sp³-hybridized carbons (Fsp3) is 0.273. The Labute approximate surface area is 88.7 Å². The van der Waals surface area contributed by atoms with Gasteiger partial charge >= 0.3 is 0 Å². The summed E-state index contributed by atoms with van der Waals surface area (Å²) in [7, 11) is 0. The first-order valence-corrected chi connectivity index (χ1v) is 5.04. The number of para-hydroxylation sites is 1. The Kier molecular flexibility index (Phi) is 2.78. The summed E-state index contributed by atoms with van der Waals surface area (Å²) in [5.41, 5.74) is 8.63. The van der Waals surface area contributed by atoms with Crippen LogP contribution in [0.15, 0.2) is 30.5 Å². The van der Waals surface area contributed by atoms with Crippen LogP contribution in [-0.4, -0.2) is 15.0 Å². The zero-order valence-corrected chi connectivity index (χ0v) is 8.72. The third kappa shape index (κ3) is 1.89. The van der Waals surface area contributed by atoms with Crippen molar-refractivity contribution < 1.29 is 0 Å². The van der Waals surface area contributed by atoms with E-state index in [0.717, 1.165) is 17.8 Å². The second kappa shape index (κ2) is 4.23. The van der Waals surface area contributed by atoms with Crippen LogP contribution in [-0.2, 0) is 13.0 Å². The molecule has 0 bridgehead atoms. The lowest BCUT2D eigenvalue weighted by molar-refractivity contribution is 0.788. The van der Waals surface area contributed by atoms with Crippen LogP contribution in [0.4, 0.5) is 0 Å². The maximum absolute atomic E-state index is 5.50. The van der Waals surface area contributed by atoms with Crippen LogP contribution in [0.3, 0.4) is 0 Å². The van der Waals surface area contributed by atoms with Gasteiger partial charge in [-0.2, -0.15) is 0 Å². The highest BCUT2D eigenvalue weighted by molar-refractivity contribution is 5.40. The summed E-state index contributed by atoms with van der Waals surface area (Å²) in [6.07, 6.45) is 2.85. The van der Waals surface area contributed by atoms with Gasteiger partial charge in [-0.25, -0.2) is 4.68 Å². The SMILES string of the molecule is CCc1ccccc1-n1cc(CN)nn1. The highest BCUT2D eigenvalue weighted by Crippen LogP contribution is 2.13. The number of hydrogen-bond donors (Lipinski definition) is 1. The van der Waals surface area contributed by atoms with Crippen molar-refractivity contribution in [3.05, 3.63) is 41.7 Å². The second-order valence-corrected chi connectivity index (χ2v) is 3.34. The van der Waals surface area contributed by atoms with Gasteiger partial charge in [0.05, 0.1) is 17.6 Å². The van der Waals surface area contributed by atoms with Crippen molar-refractivity contribution in [3.8, 4) is 5.69 Å². The molecule has 2 N–H and O–H groups in total. The number of nitrogens with two attached hydrogens (primary N) is 1. The van der Waals surface area contributed by atoms with Gasteiger partial charge in [0, 0.05) is 6.54 Å². The van der Waals surface area contributed by atoms with E-state index in [-0.39, 0.29) is 0 Å². The van der Waals surface area contributed by atoms with E-state index in [0.29, 0.717) is 6.54 Å². The van der Waals surface area contributed by atoms with Gasteiger partial charge in [0.1, 0.15) is 0 Å². The Morgan fingerprint density at radius 2 is 2.13 bits per heavy atom. The standard InChI is InChI=1S/C11H14N4/c1-2-9-5-3-4-6-11(9)15-8-10(7-12)13-14-15/h3-6,8H,2,7,12H2,1H3. The normalized spacial score (nSPS) is 10.5. The molecule has 1 aromatic carbocycles. The second-order valence-electron chi connectivity index (χ2n) is 3.34. The van der Waals surface area contributed by atoms with Gasteiger partial charge < -0.3 is 5.73 Å². The Morgan fingerprint density at radius 1 is 1.33 bits per heavy atom. The molecule has 0 aliphatic carbocycles. The van der Waals surface area contributed by atoms with Crippen LogP contribution in [0, 0.1) is 0 Å². The maximum atomic E-state index is 5.50. The van der Waals surface area contributed by atoms with Gasteiger partial charge in [-0.15, -0.1) is 5.10 Å². The van der Waals surface area contributed by atoms with E-state index in [2.05, 4.69) is 23.3 Å². The Bertz CT molecular complexity index is 447. The van der Waals surface area contributed by atoms with Crippen LogP contribution >= 0.6 is 0 Å². The monoisotopic (exact) mass is 202 g/mol. The Morgan fingerprint density at radius 3 is 2.80 bits per heavy atom. The highest BCUT2D eigenvalue weighted by atomic mass is 15.4. The van der Waals surface area contributed by atoms with E-state index >= 15 is 0 Å². The van der Waals surface area contributed by atoms with Crippen LogP contribution in [0.1, 0.15) is 18.2 Å². The number of rotatable bonds is 3. The molecule has 2 rings (SSSR count). The van der Waals surface area contributed by atoms with Crippen molar-refractivity contribution in [1.29, 1.82) is 0 Å². The van der Waals surface area contributed by atoms with Gasteiger partial charge in [-0.1, -0.05) is 30.3 Å². The van der Waals surface area contributed by atoms with Gasteiger partial charge in [0.25, 0.3) is 0 Å². The molecule has 0 aliphatic heterocycles. The molecule has 2 aromatic rings. The topological polar surface area (TPSA) is 56.7 Å². The minimum atomic E-state index is 0.425. The molecular weight excluding hydrogens is 188 g/mol. The number of benzene rings is 1. The molecule has 15 heavy (non-hydrogen) atoms. The summed E-state index contributed by atoms with van der Waals surface area (Å²) in [4.78, 5) is 0. The highest BCUT2D eigenvalue weighted by Gasteiger charge is 2.04. The smallest absolute Gasteiger partial charge is 0.0967 e. The molecule has 4 heteroatoms. The molecule has 1 heterocycles. The van der Waals surface area contributed by atoms with E-state index in [1.807, 2.05) is 24.4 Å². The number of hydrogen-bond acceptors (Lipinski definition) is 3. The van der Waals surface area contributed by atoms with Crippen LogP contribution in [0.5, 0.6) is 0 Å². The van der Waals surface area contributed by atoms with Gasteiger partial charge in [0.2, 0.25) is 0 Å². The van der Waals surface area contributed by atoms with E-state index in [1.54, 1.807) is 4.68 Å². The van der Waals surface area contributed by atoms with Crippen molar-refractivity contribution in [2.45, 2.75) is 19.9 Å². The molecule has 0 spiro atoms. The van der Waals surface area contributed by atoms with Gasteiger partial charge in [-0.3, -0.25) is 0 Å². The summed E-state index contributed by atoms with van der Waals surface area (Å²) in [6, 6.07) is 8.16. The third-order valence-corrected chi connectivity index (χ3v) is 2.37. The van der Waals surface area contributed by atoms with Crippen LogP contribution < -0.4 is 5.73 Å². The lowest BCUT2D eigenvalue weighted by atomic mass is 10.1. The lowest BCUT2D eigenvalue weighted by Gasteiger charge is -2.05.